The van der Waals surface area contributed by atoms with Gasteiger partial charge in [-0.3, -0.25) is 0 Å². The normalized spacial score (nSPS) is 49.2. The van der Waals surface area contributed by atoms with Crippen LogP contribution in [0.25, 0.3) is 0 Å². The Bertz CT molecular complexity index is 125. The number of hydrogen-bond acceptors (Lipinski definition) is 3. The standard InChI is InChI=1S/C7H15NO2/c1-5-6(9)7(2,8)3-4-10-5/h5-6,9H,3-4,8H2,1-2H3/t5-,6-,7-/m0/s1. The molecule has 0 radical (unpaired) electrons. The molecule has 0 spiro atoms. The molecule has 1 fully saturated rings. The molecule has 60 valence electrons. The first-order valence-electron chi connectivity index (χ1n) is 3.62. The van der Waals surface area contributed by atoms with Gasteiger partial charge in [-0.1, -0.05) is 0 Å². The van der Waals surface area contributed by atoms with Crippen LogP contribution >= 0.6 is 0 Å². The van der Waals surface area contributed by atoms with Crippen LogP contribution < -0.4 is 5.73 Å². The number of aliphatic hydroxyl groups excluding tert-OH is 1. The van der Waals surface area contributed by atoms with Gasteiger partial charge in [0.15, 0.2) is 0 Å². The van der Waals surface area contributed by atoms with E-state index in [9.17, 15) is 5.11 Å². The summed E-state index contributed by atoms with van der Waals surface area (Å²) in [6.45, 7) is 4.36. The van der Waals surface area contributed by atoms with E-state index in [4.69, 9.17) is 10.5 Å². The average molecular weight is 145 g/mol. The van der Waals surface area contributed by atoms with Crippen molar-refractivity contribution in [3.63, 3.8) is 0 Å². The van der Waals surface area contributed by atoms with E-state index in [1.54, 1.807) is 0 Å². The number of rotatable bonds is 0. The smallest absolute Gasteiger partial charge is 0.0976 e. The van der Waals surface area contributed by atoms with E-state index in [-0.39, 0.29) is 6.10 Å². The SMILES string of the molecule is C[C@@H]1OCC[C@](C)(N)[C@H]1O. The summed E-state index contributed by atoms with van der Waals surface area (Å²) in [7, 11) is 0. The van der Waals surface area contributed by atoms with E-state index in [0.29, 0.717) is 6.61 Å². The second kappa shape index (κ2) is 2.49. The molecular formula is C7H15NO2. The van der Waals surface area contributed by atoms with Crippen LogP contribution in [0, 0.1) is 0 Å². The van der Waals surface area contributed by atoms with Gasteiger partial charge in [-0.05, 0) is 20.3 Å². The molecule has 3 atom stereocenters. The maximum atomic E-state index is 9.46. The fourth-order valence-electron chi connectivity index (χ4n) is 1.24. The van der Waals surface area contributed by atoms with E-state index >= 15 is 0 Å². The first-order chi connectivity index (χ1) is 4.54. The van der Waals surface area contributed by atoms with Crippen molar-refractivity contribution in [2.24, 2.45) is 5.73 Å². The van der Waals surface area contributed by atoms with Gasteiger partial charge in [0.1, 0.15) is 0 Å². The molecule has 0 aliphatic carbocycles. The Hall–Kier alpha value is -0.120. The second-order valence-corrected chi connectivity index (χ2v) is 3.28. The highest BCUT2D eigenvalue weighted by molar-refractivity contribution is 4.93. The van der Waals surface area contributed by atoms with Crippen molar-refractivity contribution in [1.29, 1.82) is 0 Å². The van der Waals surface area contributed by atoms with Crippen LogP contribution in [0.2, 0.25) is 0 Å². The minimum atomic E-state index is -0.527. The highest BCUT2D eigenvalue weighted by Gasteiger charge is 2.36. The Morgan fingerprint density at radius 1 is 1.70 bits per heavy atom. The van der Waals surface area contributed by atoms with Gasteiger partial charge in [0.25, 0.3) is 0 Å². The van der Waals surface area contributed by atoms with Gasteiger partial charge in [0.05, 0.1) is 12.2 Å². The van der Waals surface area contributed by atoms with Crippen molar-refractivity contribution in [2.75, 3.05) is 6.61 Å². The van der Waals surface area contributed by atoms with Crippen LogP contribution in [0.15, 0.2) is 0 Å². The third-order valence-electron chi connectivity index (χ3n) is 2.14. The summed E-state index contributed by atoms with van der Waals surface area (Å²) in [5, 5.41) is 9.46. The van der Waals surface area contributed by atoms with E-state index in [2.05, 4.69) is 0 Å². The Morgan fingerprint density at radius 2 is 2.30 bits per heavy atom. The van der Waals surface area contributed by atoms with E-state index in [1.165, 1.54) is 0 Å². The monoisotopic (exact) mass is 145 g/mol. The summed E-state index contributed by atoms with van der Waals surface area (Å²) in [6.07, 6.45) is 0.0865. The van der Waals surface area contributed by atoms with Gasteiger partial charge in [-0.2, -0.15) is 0 Å². The van der Waals surface area contributed by atoms with Crippen molar-refractivity contribution in [3.8, 4) is 0 Å². The molecule has 3 heteroatoms. The maximum absolute atomic E-state index is 9.46. The van der Waals surface area contributed by atoms with E-state index in [0.717, 1.165) is 6.42 Å². The van der Waals surface area contributed by atoms with Crippen LogP contribution in [0.4, 0.5) is 0 Å². The summed E-state index contributed by atoms with van der Waals surface area (Å²) in [5.74, 6) is 0. The Morgan fingerprint density at radius 3 is 2.70 bits per heavy atom. The molecule has 0 unspecified atom stereocenters. The lowest BCUT2D eigenvalue weighted by molar-refractivity contribution is -0.101. The minimum Gasteiger partial charge on any atom is -0.389 e. The van der Waals surface area contributed by atoms with Gasteiger partial charge in [-0.25, -0.2) is 0 Å². The molecule has 3 N–H and O–H groups in total. The lowest BCUT2D eigenvalue weighted by Crippen LogP contribution is -2.57. The Labute approximate surface area is 61.2 Å². The molecule has 1 rings (SSSR count). The van der Waals surface area contributed by atoms with Crippen molar-refractivity contribution < 1.29 is 9.84 Å². The molecule has 0 saturated carbocycles. The van der Waals surface area contributed by atoms with Gasteiger partial charge < -0.3 is 15.6 Å². The van der Waals surface area contributed by atoms with Gasteiger partial charge in [0.2, 0.25) is 0 Å². The predicted molar refractivity (Wildman–Crippen MR) is 38.6 cm³/mol. The molecule has 1 saturated heterocycles. The number of hydrogen-bond donors (Lipinski definition) is 2. The summed E-state index contributed by atoms with van der Waals surface area (Å²) in [6, 6.07) is 0. The Kier molecular flexibility index (Phi) is 1.99. The van der Waals surface area contributed by atoms with Crippen LogP contribution in [-0.2, 0) is 4.74 Å². The summed E-state index contributed by atoms with van der Waals surface area (Å²) in [5.41, 5.74) is 5.32. The van der Waals surface area contributed by atoms with E-state index in [1.807, 2.05) is 13.8 Å². The number of nitrogens with two attached hydrogens (primary N) is 1. The minimum absolute atomic E-state index is 0.122. The third-order valence-corrected chi connectivity index (χ3v) is 2.14. The molecule has 0 amide bonds. The van der Waals surface area contributed by atoms with Crippen molar-refractivity contribution in [3.05, 3.63) is 0 Å². The van der Waals surface area contributed by atoms with E-state index < -0.39 is 11.6 Å². The van der Waals surface area contributed by atoms with Crippen LogP contribution in [0.3, 0.4) is 0 Å². The molecule has 3 nitrogen and oxygen atoms in total. The molecule has 0 aromatic carbocycles. The molecule has 1 heterocycles. The van der Waals surface area contributed by atoms with Crippen LogP contribution in [-0.4, -0.2) is 29.5 Å². The summed E-state index contributed by atoms with van der Waals surface area (Å²) < 4.78 is 5.20. The first kappa shape index (κ1) is 7.98. The van der Waals surface area contributed by atoms with Gasteiger partial charge in [-0.15, -0.1) is 0 Å². The van der Waals surface area contributed by atoms with Gasteiger partial charge in [0, 0.05) is 12.1 Å². The number of ether oxygens (including phenoxy) is 1. The molecule has 1 aliphatic rings. The molecule has 0 aromatic heterocycles. The average Bonchev–Trinajstić information content (AvgIpc) is 1.83. The zero-order valence-electron chi connectivity index (χ0n) is 6.50. The lowest BCUT2D eigenvalue weighted by atomic mass is 9.87. The largest absolute Gasteiger partial charge is 0.389 e. The summed E-state index contributed by atoms with van der Waals surface area (Å²) >= 11 is 0. The Balaban J connectivity index is 2.60. The van der Waals surface area contributed by atoms with Crippen LogP contribution in [0.1, 0.15) is 20.3 Å². The zero-order chi connectivity index (χ0) is 7.78. The highest BCUT2D eigenvalue weighted by atomic mass is 16.5. The van der Waals surface area contributed by atoms with Crippen molar-refractivity contribution in [2.45, 2.75) is 38.0 Å². The molecule has 0 aromatic rings. The van der Waals surface area contributed by atoms with Crippen LogP contribution in [0.5, 0.6) is 0 Å². The molecular weight excluding hydrogens is 130 g/mol. The first-order valence-corrected chi connectivity index (χ1v) is 3.62. The number of aliphatic hydroxyl groups is 1. The topological polar surface area (TPSA) is 55.5 Å². The molecule has 1 aliphatic heterocycles. The predicted octanol–water partition coefficient (Wildman–Crippen LogP) is -0.126. The summed E-state index contributed by atoms with van der Waals surface area (Å²) in [4.78, 5) is 0. The highest BCUT2D eigenvalue weighted by Crippen LogP contribution is 2.21. The maximum Gasteiger partial charge on any atom is 0.0976 e. The fourth-order valence-corrected chi connectivity index (χ4v) is 1.24. The second-order valence-electron chi connectivity index (χ2n) is 3.28. The van der Waals surface area contributed by atoms with Crippen molar-refractivity contribution in [1.82, 2.24) is 0 Å². The molecule has 0 bridgehead atoms. The lowest BCUT2D eigenvalue weighted by Gasteiger charge is -2.38. The van der Waals surface area contributed by atoms with Crippen molar-refractivity contribution >= 4 is 0 Å². The third kappa shape index (κ3) is 1.31. The fraction of sp³-hybridized carbons (Fsp3) is 1.00. The van der Waals surface area contributed by atoms with Gasteiger partial charge >= 0.3 is 0 Å². The molecule has 10 heavy (non-hydrogen) atoms. The quantitative estimate of drug-likeness (QED) is 0.499. The zero-order valence-corrected chi connectivity index (χ0v) is 6.50.